The highest BCUT2D eigenvalue weighted by atomic mass is 79.9. The number of anilines is 3. The van der Waals surface area contributed by atoms with Crippen molar-refractivity contribution in [2.24, 2.45) is 5.92 Å². The monoisotopic (exact) mass is 684 g/mol. The molecule has 0 fully saturated rings. The summed E-state index contributed by atoms with van der Waals surface area (Å²) in [5.41, 5.74) is 11.2. The van der Waals surface area contributed by atoms with E-state index in [9.17, 15) is 0 Å². The van der Waals surface area contributed by atoms with Gasteiger partial charge in [0.05, 0.1) is 17.1 Å². The quantitative estimate of drug-likeness (QED) is 0.128. The van der Waals surface area contributed by atoms with Crippen LogP contribution in [-0.4, -0.2) is 0 Å². The Kier molecular flexibility index (Phi) is 9.37. The summed E-state index contributed by atoms with van der Waals surface area (Å²) in [6, 6.07) is 33.5. The minimum atomic E-state index is -1.04. The lowest BCUT2D eigenvalue weighted by Crippen LogP contribution is -2.24. The molecule has 2 aliphatic rings. The fraction of sp³-hybridized carbons (Fsp3) is 0.190. The molecule has 4 aromatic rings. The van der Waals surface area contributed by atoms with Gasteiger partial charge in [0.1, 0.15) is 8.22 Å². The molecule has 0 saturated carbocycles. The second kappa shape index (κ2) is 13.4. The Balaban J connectivity index is 1.51. The summed E-state index contributed by atoms with van der Waals surface area (Å²) in [6.45, 7) is 15.6. The van der Waals surface area contributed by atoms with E-state index in [-0.39, 0.29) is 11.3 Å². The molecule has 2 nitrogen and oxygen atoms in total. The van der Waals surface area contributed by atoms with Crippen LogP contribution in [-0.2, 0) is 5.41 Å². The molecule has 46 heavy (non-hydrogen) atoms. The van der Waals surface area contributed by atoms with Gasteiger partial charge in [-0.1, -0.05) is 153 Å². The van der Waals surface area contributed by atoms with Crippen LogP contribution in [0, 0.1) is 5.92 Å². The van der Waals surface area contributed by atoms with E-state index in [0.29, 0.717) is 0 Å². The van der Waals surface area contributed by atoms with Crippen molar-refractivity contribution in [1.29, 1.82) is 0 Å². The number of halogens is 1. The smallest absolute Gasteiger partial charge is 0.138 e. The molecular weight excluding hydrogens is 643 g/mol. The summed E-state index contributed by atoms with van der Waals surface area (Å²) < 4.78 is 6.22. The van der Waals surface area contributed by atoms with Crippen LogP contribution in [0.25, 0.3) is 11.1 Å². The van der Waals surface area contributed by atoms with E-state index >= 15 is 0 Å². The van der Waals surface area contributed by atoms with Crippen LogP contribution in [0.1, 0.15) is 52.2 Å². The zero-order valence-corrected chi connectivity index (χ0v) is 29.9. The minimum absolute atomic E-state index is 0.0750. The third kappa shape index (κ3) is 5.76. The molecule has 1 aliphatic carbocycles. The maximum atomic E-state index is 4.44. The maximum absolute atomic E-state index is 4.44. The summed E-state index contributed by atoms with van der Waals surface area (Å²) in [5.74, 6) is 0.235. The van der Waals surface area contributed by atoms with Crippen molar-refractivity contribution in [2.45, 2.75) is 46.5 Å². The summed E-state index contributed by atoms with van der Waals surface area (Å²) in [6.07, 6.45) is 16.3. The van der Waals surface area contributed by atoms with Crippen molar-refractivity contribution >= 4 is 46.5 Å². The third-order valence-corrected chi connectivity index (χ3v) is 11.9. The maximum Gasteiger partial charge on any atom is 0.138 e. The van der Waals surface area contributed by atoms with Gasteiger partial charge in [-0.3, -0.25) is 9.34 Å². The van der Waals surface area contributed by atoms with E-state index in [0.717, 1.165) is 22.2 Å². The Labute approximate surface area is 285 Å². The van der Waals surface area contributed by atoms with Crippen LogP contribution in [0.5, 0.6) is 0 Å². The molecule has 1 aliphatic heterocycles. The Hall–Kier alpha value is -3.91. The second-order valence-electron chi connectivity index (χ2n) is 12.4. The molecule has 0 bridgehead atoms. The number of hydrogen-bond acceptors (Lipinski definition) is 2. The molecule has 4 aromatic carbocycles. The standard InChI is InChI=1S/C42H42BrN2P/c1-7-9-10-12-18-30(3)31(4)25-27-33(8-2)44-40-29-32(43)26-28-38(40)45(46(44)34-19-13-11-14-20-34)39-24-17-23-37-41(39)35-21-15-16-22-36(35)42(37,5)6/h8-30H,4,7H2,1-3,5-6H3/b10-9-,18-12-,27-25-,33-8+. The highest BCUT2D eigenvalue weighted by molar-refractivity contribution is 9.10. The SMILES string of the molecule is C=C(/C=C\C(=C/C)N1c2cc(Br)ccc2N(c2cccc3c2-c2ccccc2C3(C)C)P1c1ccccc1)C(C)/C=C\C=C/CC. The van der Waals surface area contributed by atoms with E-state index in [1.807, 2.05) is 0 Å². The Morgan fingerprint density at radius 3 is 2.37 bits per heavy atom. The third-order valence-electron chi connectivity index (χ3n) is 9.05. The molecule has 2 unspecified atom stereocenters. The van der Waals surface area contributed by atoms with Crippen molar-refractivity contribution in [3.8, 4) is 11.1 Å². The average molecular weight is 686 g/mol. The number of nitrogens with zero attached hydrogens (tertiary/aromatic N) is 2. The molecule has 0 spiro atoms. The van der Waals surface area contributed by atoms with Crippen LogP contribution < -0.4 is 14.6 Å². The Morgan fingerprint density at radius 2 is 1.61 bits per heavy atom. The first kappa shape index (κ1) is 32.0. The van der Waals surface area contributed by atoms with Gasteiger partial charge >= 0.3 is 0 Å². The number of fused-ring (bicyclic) bond motifs is 4. The van der Waals surface area contributed by atoms with E-state index in [4.69, 9.17) is 0 Å². The van der Waals surface area contributed by atoms with E-state index in [1.54, 1.807) is 0 Å². The number of allylic oxidation sites excluding steroid dienone is 8. The molecule has 0 amide bonds. The summed E-state index contributed by atoms with van der Waals surface area (Å²) in [4.78, 5) is 0. The van der Waals surface area contributed by atoms with Gasteiger partial charge < -0.3 is 0 Å². The summed E-state index contributed by atoms with van der Waals surface area (Å²) in [5, 5.41) is 1.29. The van der Waals surface area contributed by atoms with Gasteiger partial charge in [0.2, 0.25) is 0 Å². The van der Waals surface area contributed by atoms with Crippen LogP contribution in [0.2, 0.25) is 0 Å². The van der Waals surface area contributed by atoms with E-state index in [1.165, 1.54) is 44.6 Å². The number of rotatable bonds is 9. The topological polar surface area (TPSA) is 6.48 Å². The highest BCUT2D eigenvalue weighted by Gasteiger charge is 2.44. The minimum Gasteiger partial charge on any atom is -0.297 e. The van der Waals surface area contributed by atoms with Crippen LogP contribution in [0.15, 0.2) is 156 Å². The molecule has 0 aromatic heterocycles. The Morgan fingerprint density at radius 1 is 0.870 bits per heavy atom. The van der Waals surface area contributed by atoms with Gasteiger partial charge in [-0.05, 0) is 71.9 Å². The lowest BCUT2D eigenvalue weighted by Gasteiger charge is -2.34. The largest absolute Gasteiger partial charge is 0.297 e. The first-order valence-electron chi connectivity index (χ1n) is 16.1. The van der Waals surface area contributed by atoms with Crippen molar-refractivity contribution in [3.63, 3.8) is 0 Å². The molecule has 2 atom stereocenters. The van der Waals surface area contributed by atoms with Crippen LogP contribution in [0.4, 0.5) is 17.1 Å². The van der Waals surface area contributed by atoms with Gasteiger partial charge in [0, 0.05) is 26.5 Å². The lowest BCUT2D eigenvalue weighted by atomic mass is 9.82. The summed E-state index contributed by atoms with van der Waals surface area (Å²) >= 11 is 3.82. The predicted molar refractivity (Wildman–Crippen MR) is 206 cm³/mol. The molecular formula is C42H42BrN2P. The fourth-order valence-electron chi connectivity index (χ4n) is 6.53. The van der Waals surface area contributed by atoms with E-state index < -0.39 is 8.22 Å². The van der Waals surface area contributed by atoms with Crippen molar-refractivity contribution in [3.05, 3.63) is 167 Å². The second-order valence-corrected chi connectivity index (χ2v) is 15.2. The predicted octanol–water partition coefficient (Wildman–Crippen LogP) is 12.5. The van der Waals surface area contributed by atoms with Crippen molar-refractivity contribution in [2.75, 3.05) is 9.34 Å². The number of hydrogen-bond donors (Lipinski definition) is 0. The zero-order chi connectivity index (χ0) is 32.4. The average Bonchev–Trinajstić information content (AvgIpc) is 3.52. The van der Waals surface area contributed by atoms with Crippen molar-refractivity contribution < 1.29 is 0 Å². The number of benzene rings is 4. The molecule has 1 heterocycles. The molecule has 0 saturated heterocycles. The normalized spacial score (nSPS) is 17.6. The van der Waals surface area contributed by atoms with Crippen molar-refractivity contribution in [1.82, 2.24) is 0 Å². The van der Waals surface area contributed by atoms with Crippen LogP contribution in [0.3, 0.4) is 0 Å². The van der Waals surface area contributed by atoms with E-state index in [2.05, 4.69) is 200 Å². The lowest BCUT2D eigenvalue weighted by molar-refractivity contribution is 0.660. The first-order valence-corrected chi connectivity index (χ1v) is 18.2. The molecule has 0 N–H and O–H groups in total. The van der Waals surface area contributed by atoms with Gasteiger partial charge in [-0.2, -0.15) is 0 Å². The van der Waals surface area contributed by atoms with Gasteiger partial charge in [-0.15, -0.1) is 0 Å². The molecule has 6 rings (SSSR count). The molecule has 0 radical (unpaired) electrons. The zero-order valence-electron chi connectivity index (χ0n) is 27.4. The summed E-state index contributed by atoms with van der Waals surface area (Å²) in [7, 11) is -1.04. The van der Waals surface area contributed by atoms with Crippen LogP contribution >= 0.6 is 24.2 Å². The fourth-order valence-corrected chi connectivity index (χ4v) is 9.46. The Bertz CT molecular complexity index is 1880. The molecule has 4 heteroatoms. The highest BCUT2D eigenvalue weighted by Crippen LogP contribution is 2.66. The molecule has 232 valence electrons. The first-order chi connectivity index (χ1) is 22.3. The van der Waals surface area contributed by atoms with Gasteiger partial charge in [0.15, 0.2) is 0 Å². The van der Waals surface area contributed by atoms with Gasteiger partial charge in [-0.25, -0.2) is 0 Å². The van der Waals surface area contributed by atoms with Gasteiger partial charge in [0.25, 0.3) is 0 Å².